The molecule has 1 amide bonds. The van der Waals surface area contributed by atoms with Crippen molar-refractivity contribution in [3.05, 3.63) is 54.1 Å². The molecule has 3 rings (SSSR count). The topological polar surface area (TPSA) is 118 Å². The number of anilines is 1. The summed E-state index contributed by atoms with van der Waals surface area (Å²) in [6.45, 7) is 4.68. The number of carbonyl (C=O) groups excluding carboxylic acids is 2. The minimum absolute atomic E-state index is 0.141. The molecule has 0 aliphatic carbocycles. The molecule has 1 atom stereocenters. The molecule has 1 unspecified atom stereocenters. The van der Waals surface area contributed by atoms with Crippen LogP contribution in [-0.2, 0) is 20.9 Å². The molecule has 0 aromatic heterocycles. The smallest absolute Gasteiger partial charge is 0.264 e. The van der Waals surface area contributed by atoms with E-state index in [-0.39, 0.29) is 31.6 Å². The molecule has 2 aromatic carbocycles. The zero-order valence-corrected chi connectivity index (χ0v) is 19.6. The van der Waals surface area contributed by atoms with Crippen LogP contribution in [-0.4, -0.2) is 60.8 Å². The number of aliphatic hydroxyl groups excluding tert-OH is 1. The van der Waals surface area contributed by atoms with Crippen LogP contribution in [0.4, 0.5) is 11.4 Å². The molecule has 0 saturated carbocycles. The maximum atomic E-state index is 12.8. The molecule has 1 aliphatic rings. The summed E-state index contributed by atoms with van der Waals surface area (Å²) >= 11 is 0. The van der Waals surface area contributed by atoms with Gasteiger partial charge in [0, 0.05) is 24.4 Å². The van der Waals surface area contributed by atoms with Crippen molar-refractivity contribution in [3.63, 3.8) is 0 Å². The lowest BCUT2D eigenvalue weighted by Crippen LogP contribution is -2.47. The molecule has 9 heteroatoms. The third-order valence-corrected chi connectivity index (χ3v) is 5.39. The number of hydrogen-bond acceptors (Lipinski definition) is 8. The van der Waals surface area contributed by atoms with Crippen molar-refractivity contribution in [2.24, 2.45) is 16.6 Å². The van der Waals surface area contributed by atoms with Gasteiger partial charge in [-0.15, -0.1) is 0 Å². The summed E-state index contributed by atoms with van der Waals surface area (Å²) in [6, 6.07) is 14.5. The van der Waals surface area contributed by atoms with Gasteiger partial charge in [-0.25, -0.2) is 4.99 Å². The average Bonchev–Trinajstić information content (AvgIpc) is 2.84. The van der Waals surface area contributed by atoms with Gasteiger partial charge in [-0.05, 0) is 30.5 Å². The van der Waals surface area contributed by atoms with Crippen molar-refractivity contribution in [1.29, 1.82) is 0 Å². The third-order valence-electron chi connectivity index (χ3n) is 5.39. The number of benzene rings is 2. The normalized spacial score (nSPS) is 13.8. The van der Waals surface area contributed by atoms with Crippen molar-refractivity contribution >= 4 is 29.5 Å². The van der Waals surface area contributed by atoms with Gasteiger partial charge in [0.05, 0.1) is 13.2 Å². The molecule has 182 valence electrons. The van der Waals surface area contributed by atoms with Gasteiger partial charge in [-0.2, -0.15) is 0 Å². The van der Waals surface area contributed by atoms with Crippen LogP contribution in [0.2, 0.25) is 0 Å². The maximum absolute atomic E-state index is 12.8. The summed E-state index contributed by atoms with van der Waals surface area (Å²) in [5.41, 5.74) is 8.16. The average molecular weight is 469 g/mol. The zero-order chi connectivity index (χ0) is 24.5. The minimum atomic E-state index is -0.834. The van der Waals surface area contributed by atoms with E-state index in [4.69, 9.17) is 15.2 Å². The second-order valence-electron chi connectivity index (χ2n) is 8.33. The Hall–Kier alpha value is -3.43. The Morgan fingerprint density at radius 1 is 1.24 bits per heavy atom. The van der Waals surface area contributed by atoms with Crippen LogP contribution >= 0.6 is 0 Å². The summed E-state index contributed by atoms with van der Waals surface area (Å²) < 4.78 is 11.5. The van der Waals surface area contributed by atoms with E-state index in [1.807, 2.05) is 24.3 Å². The number of hydrogen-bond donors (Lipinski definition) is 2. The summed E-state index contributed by atoms with van der Waals surface area (Å²) in [7, 11) is 0. The van der Waals surface area contributed by atoms with Crippen LogP contribution in [0.5, 0.6) is 5.75 Å². The lowest BCUT2D eigenvalue weighted by atomic mass is 10.1. The molecule has 2 aromatic rings. The van der Waals surface area contributed by atoms with Crippen LogP contribution in [0, 0.1) is 5.92 Å². The molecule has 0 fully saturated rings. The fraction of sp³-hybridized carbons (Fsp3) is 0.400. The molecular formula is C25H32N4O5. The Bertz CT molecular complexity index is 996. The number of nitrogens with two attached hydrogens (primary N) is 1. The van der Waals surface area contributed by atoms with Crippen molar-refractivity contribution < 1.29 is 24.2 Å². The number of guanidine groups is 1. The summed E-state index contributed by atoms with van der Waals surface area (Å²) in [6.07, 6.45) is 0.708. The lowest BCUT2D eigenvalue weighted by molar-refractivity contribution is -0.127. The van der Waals surface area contributed by atoms with Crippen molar-refractivity contribution in [2.75, 3.05) is 31.3 Å². The lowest BCUT2D eigenvalue weighted by Gasteiger charge is -2.32. The van der Waals surface area contributed by atoms with Gasteiger partial charge in [-0.1, -0.05) is 44.2 Å². The highest BCUT2D eigenvalue weighted by atomic mass is 16.5. The number of para-hydroxylation sites is 2. The number of ether oxygens (including phenoxy) is 2. The number of aliphatic hydroxyl groups is 1. The monoisotopic (exact) mass is 468 g/mol. The summed E-state index contributed by atoms with van der Waals surface area (Å²) in [5.74, 6) is 0.710. The Balaban J connectivity index is 1.71. The van der Waals surface area contributed by atoms with Gasteiger partial charge in [-0.3, -0.25) is 9.59 Å². The van der Waals surface area contributed by atoms with Crippen molar-refractivity contribution in [2.45, 2.75) is 33.0 Å². The largest absolute Gasteiger partial charge is 0.481 e. The predicted octanol–water partition coefficient (Wildman–Crippen LogP) is 2.44. The first-order chi connectivity index (χ1) is 16.4. The maximum Gasteiger partial charge on any atom is 0.264 e. The van der Waals surface area contributed by atoms with E-state index in [1.165, 1.54) is 4.90 Å². The zero-order valence-electron chi connectivity index (χ0n) is 19.6. The highest BCUT2D eigenvalue weighted by molar-refractivity contribution is 5.94. The molecule has 0 bridgehead atoms. The second-order valence-corrected chi connectivity index (χ2v) is 8.33. The molecule has 34 heavy (non-hydrogen) atoms. The summed E-state index contributed by atoms with van der Waals surface area (Å²) in [4.78, 5) is 32.0. The third kappa shape index (κ3) is 6.33. The van der Waals surface area contributed by atoms with Crippen molar-refractivity contribution in [1.82, 2.24) is 4.90 Å². The molecule has 9 nitrogen and oxygen atoms in total. The summed E-state index contributed by atoms with van der Waals surface area (Å²) in [5, 5.41) is 9.38. The molecule has 0 spiro atoms. The number of aldehydes is 1. The standard InChI is InChI=1S/C25H32N4O5/c1-18(2)11-14-33-23(16-31)29-15-19-7-6-10-21(24(19)27-25(29)26)34-17-22(32)28(12-13-30)20-8-4-3-5-9-20/h3-10,16,18,23,30H,11-15,17H2,1-2H3,(H2,26,27). The van der Waals surface area contributed by atoms with E-state index in [1.54, 1.807) is 29.2 Å². The number of carbonyl (C=O) groups is 2. The van der Waals surface area contributed by atoms with Crippen LogP contribution in [0.15, 0.2) is 53.5 Å². The Labute approximate surface area is 199 Å². The molecule has 3 N–H and O–H groups in total. The number of rotatable bonds is 12. The van der Waals surface area contributed by atoms with Gasteiger partial charge >= 0.3 is 0 Å². The van der Waals surface area contributed by atoms with E-state index in [2.05, 4.69) is 18.8 Å². The van der Waals surface area contributed by atoms with Crippen LogP contribution in [0.3, 0.4) is 0 Å². The fourth-order valence-corrected chi connectivity index (χ4v) is 3.55. The second kappa shape index (κ2) is 12.2. The van der Waals surface area contributed by atoms with Crippen LogP contribution < -0.4 is 15.4 Å². The molecule has 0 saturated heterocycles. The Kier molecular flexibility index (Phi) is 9.00. The van der Waals surface area contributed by atoms with E-state index >= 15 is 0 Å². The first-order valence-electron chi connectivity index (χ1n) is 11.3. The van der Waals surface area contributed by atoms with Gasteiger partial charge in [0.1, 0.15) is 11.4 Å². The van der Waals surface area contributed by atoms with E-state index in [0.717, 1.165) is 12.0 Å². The van der Waals surface area contributed by atoms with E-state index in [9.17, 15) is 14.7 Å². The molecule has 1 aliphatic heterocycles. The number of amides is 1. The highest BCUT2D eigenvalue weighted by Crippen LogP contribution is 2.35. The molecule has 0 radical (unpaired) electrons. The van der Waals surface area contributed by atoms with Gasteiger partial charge in [0.2, 0.25) is 0 Å². The predicted molar refractivity (Wildman–Crippen MR) is 130 cm³/mol. The van der Waals surface area contributed by atoms with Crippen LogP contribution in [0.25, 0.3) is 0 Å². The quantitative estimate of drug-likeness (QED) is 0.460. The first-order valence-corrected chi connectivity index (χ1v) is 11.3. The first kappa shape index (κ1) is 25.2. The minimum Gasteiger partial charge on any atom is -0.481 e. The highest BCUT2D eigenvalue weighted by Gasteiger charge is 2.27. The number of nitrogens with zero attached hydrogens (tertiary/aromatic N) is 3. The SMILES string of the molecule is CC(C)CCOC(C=O)N1Cc2cccc(OCC(=O)N(CCO)c3ccccc3)c2N=C1N. The van der Waals surface area contributed by atoms with Gasteiger partial charge in [0.15, 0.2) is 25.1 Å². The fourth-order valence-electron chi connectivity index (χ4n) is 3.55. The Morgan fingerprint density at radius 2 is 2.00 bits per heavy atom. The van der Waals surface area contributed by atoms with Crippen LogP contribution in [0.1, 0.15) is 25.8 Å². The van der Waals surface area contributed by atoms with E-state index < -0.39 is 6.23 Å². The molecular weight excluding hydrogens is 436 g/mol. The molecule has 1 heterocycles. The van der Waals surface area contributed by atoms with E-state index in [0.29, 0.717) is 42.5 Å². The van der Waals surface area contributed by atoms with Gasteiger partial charge in [0.25, 0.3) is 5.91 Å². The number of aliphatic imine (C=N–C) groups is 1. The van der Waals surface area contributed by atoms with Crippen molar-refractivity contribution in [3.8, 4) is 5.75 Å². The number of fused-ring (bicyclic) bond motifs is 1. The Morgan fingerprint density at radius 3 is 2.68 bits per heavy atom. The van der Waals surface area contributed by atoms with Gasteiger partial charge < -0.3 is 30.1 Å².